The molecule has 1 rings (SSSR count). The van der Waals surface area contributed by atoms with E-state index in [-0.39, 0.29) is 24.3 Å². The summed E-state index contributed by atoms with van der Waals surface area (Å²) in [4.78, 5) is 4.09. The lowest BCUT2D eigenvalue weighted by Crippen LogP contribution is -2.41. The topological polar surface area (TPSA) is 85.1 Å². The van der Waals surface area contributed by atoms with Gasteiger partial charge in [0.1, 0.15) is 0 Å². The van der Waals surface area contributed by atoms with Gasteiger partial charge < -0.3 is 5.73 Å². The zero-order valence-corrected chi connectivity index (χ0v) is 11.7. The van der Waals surface area contributed by atoms with Gasteiger partial charge in [0.25, 0.3) is 0 Å². The van der Waals surface area contributed by atoms with Gasteiger partial charge in [0, 0.05) is 30.9 Å². The van der Waals surface area contributed by atoms with E-state index < -0.39 is 10.0 Å². The first kappa shape index (κ1) is 15.1. The summed E-state index contributed by atoms with van der Waals surface area (Å²) < 4.78 is 26.0. The van der Waals surface area contributed by atoms with Gasteiger partial charge >= 0.3 is 0 Å². The van der Waals surface area contributed by atoms with E-state index in [4.69, 9.17) is 5.73 Å². The zero-order chi connectivity index (χ0) is 13.6. The standard InChI is InChI=1S/C12H21N3O2S/c1-10(2)12(13)9-15-18(16,17)8-6-11-5-3-4-7-14-11/h3-5,7,10,12,15H,6,8-9,13H2,1-2H3. The molecule has 0 bridgehead atoms. The van der Waals surface area contributed by atoms with Gasteiger partial charge in [0.05, 0.1) is 5.75 Å². The van der Waals surface area contributed by atoms with E-state index in [9.17, 15) is 8.42 Å². The SMILES string of the molecule is CC(C)C(N)CNS(=O)(=O)CCc1ccccn1. The van der Waals surface area contributed by atoms with Gasteiger partial charge in [-0.2, -0.15) is 0 Å². The average molecular weight is 271 g/mol. The van der Waals surface area contributed by atoms with Gasteiger partial charge in [0.2, 0.25) is 10.0 Å². The highest BCUT2D eigenvalue weighted by Gasteiger charge is 2.14. The minimum atomic E-state index is -3.28. The Morgan fingerprint density at radius 2 is 2.11 bits per heavy atom. The largest absolute Gasteiger partial charge is 0.326 e. The van der Waals surface area contributed by atoms with Crippen LogP contribution in [0.3, 0.4) is 0 Å². The molecule has 5 nitrogen and oxygen atoms in total. The number of sulfonamides is 1. The molecule has 1 aromatic rings. The maximum absolute atomic E-state index is 11.7. The Morgan fingerprint density at radius 3 is 2.67 bits per heavy atom. The number of nitrogens with one attached hydrogen (secondary N) is 1. The third-order valence-corrected chi connectivity index (χ3v) is 4.10. The minimum absolute atomic E-state index is 0.0365. The van der Waals surface area contributed by atoms with Crippen molar-refractivity contribution in [2.75, 3.05) is 12.3 Å². The Balaban J connectivity index is 2.41. The molecule has 1 aromatic heterocycles. The number of nitrogens with zero attached hydrogens (tertiary/aromatic N) is 1. The van der Waals surface area contributed by atoms with Crippen LogP contribution in [0, 0.1) is 5.92 Å². The lowest BCUT2D eigenvalue weighted by Gasteiger charge is -2.16. The molecular weight excluding hydrogens is 250 g/mol. The highest BCUT2D eigenvalue weighted by Crippen LogP contribution is 2.00. The van der Waals surface area contributed by atoms with Gasteiger partial charge in [-0.25, -0.2) is 13.1 Å². The molecule has 0 saturated carbocycles. The summed E-state index contributed by atoms with van der Waals surface area (Å²) in [5.74, 6) is 0.290. The fourth-order valence-electron chi connectivity index (χ4n) is 1.32. The second kappa shape index (κ2) is 6.82. The Labute approximate surface area is 109 Å². The van der Waals surface area contributed by atoms with Crippen LogP contribution in [0.1, 0.15) is 19.5 Å². The first-order chi connectivity index (χ1) is 8.41. The molecule has 102 valence electrons. The van der Waals surface area contributed by atoms with Crippen LogP contribution in [0.15, 0.2) is 24.4 Å². The number of pyridine rings is 1. The maximum Gasteiger partial charge on any atom is 0.212 e. The van der Waals surface area contributed by atoms with E-state index in [1.54, 1.807) is 12.3 Å². The molecule has 18 heavy (non-hydrogen) atoms. The summed E-state index contributed by atoms with van der Waals surface area (Å²) in [6.07, 6.45) is 2.07. The maximum atomic E-state index is 11.7. The number of nitrogens with two attached hydrogens (primary N) is 1. The van der Waals surface area contributed by atoms with Crippen molar-refractivity contribution in [3.63, 3.8) is 0 Å². The lowest BCUT2D eigenvalue weighted by atomic mass is 10.1. The van der Waals surface area contributed by atoms with Crippen LogP contribution < -0.4 is 10.5 Å². The van der Waals surface area contributed by atoms with E-state index >= 15 is 0 Å². The van der Waals surface area contributed by atoms with E-state index in [0.717, 1.165) is 5.69 Å². The van der Waals surface area contributed by atoms with Crippen LogP contribution >= 0.6 is 0 Å². The summed E-state index contributed by atoms with van der Waals surface area (Å²) in [6, 6.07) is 5.30. The number of hydrogen-bond donors (Lipinski definition) is 2. The number of rotatable bonds is 7. The molecule has 0 fully saturated rings. The van der Waals surface area contributed by atoms with E-state index in [1.165, 1.54) is 0 Å². The van der Waals surface area contributed by atoms with Crippen LogP contribution in [-0.2, 0) is 16.4 Å². The molecule has 1 heterocycles. The van der Waals surface area contributed by atoms with Crippen molar-refractivity contribution in [3.8, 4) is 0 Å². The summed E-state index contributed by atoms with van der Waals surface area (Å²) in [5, 5.41) is 0. The summed E-state index contributed by atoms with van der Waals surface area (Å²) in [6.45, 7) is 4.21. The fourth-order valence-corrected chi connectivity index (χ4v) is 2.38. The predicted molar refractivity (Wildman–Crippen MR) is 72.5 cm³/mol. The normalized spacial score (nSPS) is 13.8. The van der Waals surface area contributed by atoms with Crippen molar-refractivity contribution in [2.45, 2.75) is 26.3 Å². The predicted octanol–water partition coefficient (Wildman–Crippen LogP) is 0.527. The number of hydrogen-bond acceptors (Lipinski definition) is 4. The highest BCUT2D eigenvalue weighted by atomic mass is 32.2. The van der Waals surface area contributed by atoms with Gasteiger partial charge in [0.15, 0.2) is 0 Å². The molecule has 0 amide bonds. The molecule has 0 radical (unpaired) electrons. The summed E-state index contributed by atoms with van der Waals surface area (Å²) in [7, 11) is -3.28. The van der Waals surface area contributed by atoms with Crippen molar-refractivity contribution in [1.82, 2.24) is 9.71 Å². The fraction of sp³-hybridized carbons (Fsp3) is 0.583. The van der Waals surface area contributed by atoms with Crippen molar-refractivity contribution < 1.29 is 8.42 Å². The molecule has 0 spiro atoms. The van der Waals surface area contributed by atoms with Crippen LogP contribution in [0.25, 0.3) is 0 Å². The van der Waals surface area contributed by atoms with Crippen LogP contribution in [0.5, 0.6) is 0 Å². The van der Waals surface area contributed by atoms with Crippen molar-refractivity contribution in [1.29, 1.82) is 0 Å². The van der Waals surface area contributed by atoms with E-state index in [1.807, 2.05) is 26.0 Å². The molecule has 0 aliphatic carbocycles. The lowest BCUT2D eigenvalue weighted by molar-refractivity contribution is 0.481. The van der Waals surface area contributed by atoms with Crippen LogP contribution in [0.2, 0.25) is 0 Å². The highest BCUT2D eigenvalue weighted by molar-refractivity contribution is 7.89. The molecule has 0 aromatic carbocycles. The molecule has 1 atom stereocenters. The van der Waals surface area contributed by atoms with Crippen molar-refractivity contribution in [3.05, 3.63) is 30.1 Å². The second-order valence-corrected chi connectivity index (χ2v) is 6.57. The quantitative estimate of drug-likeness (QED) is 0.757. The molecule has 0 saturated heterocycles. The first-order valence-corrected chi connectivity index (χ1v) is 7.69. The minimum Gasteiger partial charge on any atom is -0.326 e. The monoisotopic (exact) mass is 271 g/mol. The van der Waals surface area contributed by atoms with E-state index in [0.29, 0.717) is 6.42 Å². The zero-order valence-electron chi connectivity index (χ0n) is 10.8. The Kier molecular flexibility index (Phi) is 5.71. The molecular formula is C12H21N3O2S. The van der Waals surface area contributed by atoms with Gasteiger partial charge in [-0.3, -0.25) is 4.98 Å². The van der Waals surface area contributed by atoms with Crippen molar-refractivity contribution in [2.24, 2.45) is 11.7 Å². The van der Waals surface area contributed by atoms with Crippen LogP contribution in [-0.4, -0.2) is 31.7 Å². The molecule has 3 N–H and O–H groups in total. The molecule has 1 unspecified atom stereocenters. The van der Waals surface area contributed by atoms with Gasteiger partial charge in [-0.1, -0.05) is 19.9 Å². The average Bonchev–Trinajstić information content (AvgIpc) is 2.35. The third kappa shape index (κ3) is 5.57. The van der Waals surface area contributed by atoms with Gasteiger partial charge in [-0.05, 0) is 18.1 Å². The Bertz CT molecular complexity index is 446. The van der Waals surface area contributed by atoms with Crippen LogP contribution in [0.4, 0.5) is 0 Å². The second-order valence-electron chi connectivity index (χ2n) is 4.65. The molecule has 0 aliphatic rings. The first-order valence-electron chi connectivity index (χ1n) is 6.03. The Hall–Kier alpha value is -0.980. The van der Waals surface area contributed by atoms with E-state index in [2.05, 4.69) is 9.71 Å². The third-order valence-electron chi connectivity index (χ3n) is 2.75. The van der Waals surface area contributed by atoms with Gasteiger partial charge in [-0.15, -0.1) is 0 Å². The Morgan fingerprint density at radius 1 is 1.39 bits per heavy atom. The number of aryl methyl sites for hydroxylation is 1. The summed E-state index contributed by atoms with van der Waals surface area (Å²) in [5.41, 5.74) is 6.57. The molecule has 0 aliphatic heterocycles. The summed E-state index contributed by atoms with van der Waals surface area (Å²) >= 11 is 0. The van der Waals surface area contributed by atoms with Crippen molar-refractivity contribution >= 4 is 10.0 Å². The molecule has 6 heteroatoms. The number of aromatic nitrogens is 1. The smallest absolute Gasteiger partial charge is 0.212 e.